The zero-order valence-corrected chi connectivity index (χ0v) is 37.5. The van der Waals surface area contributed by atoms with E-state index in [9.17, 15) is 0 Å². The number of ether oxygens (including phenoxy) is 2. The first-order chi connectivity index (χ1) is 33.0. The molecular formula is C58H37B5N2O2. The highest BCUT2D eigenvalue weighted by molar-refractivity contribution is 7.11. The Hall–Kier alpha value is -7.50. The topological polar surface area (TPSA) is 24.9 Å². The van der Waals surface area contributed by atoms with Gasteiger partial charge >= 0.3 is 0 Å². The SMILES string of the molecule is Cc1cccc(C)c1B1c2cccc3c2N2c4c1ccc1c4B(c4ccccc4O1)c1cc4c5c(c12)B3c1cccc2c1N5c1c(ccc3c1B4c1ccccc1O3)B2c1c(C)cccc1C. The Morgan fingerprint density at radius 1 is 0.269 bits per heavy atom. The molecule has 0 unspecified atom stereocenters. The van der Waals surface area contributed by atoms with Crippen LogP contribution in [-0.4, -0.2) is 33.6 Å². The van der Waals surface area contributed by atoms with Gasteiger partial charge in [0.2, 0.25) is 13.4 Å². The quantitative estimate of drug-likeness (QED) is 0.250. The third-order valence-electron chi connectivity index (χ3n) is 17.2. The van der Waals surface area contributed by atoms with E-state index in [1.165, 1.54) is 138 Å². The van der Waals surface area contributed by atoms with Gasteiger partial charge in [-0.05, 0) is 123 Å². The molecule has 9 heteroatoms. The zero-order chi connectivity index (χ0) is 43.9. The van der Waals surface area contributed by atoms with Gasteiger partial charge in [-0.15, -0.1) is 0 Å². The molecule has 9 aromatic carbocycles. The van der Waals surface area contributed by atoms with Crippen molar-refractivity contribution in [2.45, 2.75) is 27.7 Å². The number of rotatable bonds is 2. The molecule has 0 atom stereocenters. The van der Waals surface area contributed by atoms with Gasteiger partial charge in [-0.2, -0.15) is 0 Å². The number of para-hydroxylation sites is 4. The summed E-state index contributed by atoms with van der Waals surface area (Å²) in [5, 5.41) is 0. The number of hydrogen-bond acceptors (Lipinski definition) is 4. The predicted molar refractivity (Wildman–Crippen MR) is 284 cm³/mol. The summed E-state index contributed by atoms with van der Waals surface area (Å²) in [6, 6.07) is 57.9. The normalized spacial score (nSPS) is 15.2. The summed E-state index contributed by atoms with van der Waals surface area (Å²) in [7, 11) is 0. The Balaban J connectivity index is 1.08. The minimum atomic E-state index is -0.0291. The number of nitrogens with zero attached hydrogens (tertiary/aromatic N) is 2. The van der Waals surface area contributed by atoms with Crippen LogP contribution in [0.15, 0.2) is 152 Å². The van der Waals surface area contributed by atoms with E-state index >= 15 is 0 Å². The van der Waals surface area contributed by atoms with E-state index in [2.05, 4.69) is 189 Å². The first-order valence-corrected chi connectivity index (χ1v) is 24.0. The molecule has 9 aromatic rings. The Morgan fingerprint density at radius 3 is 1.03 bits per heavy atom. The number of anilines is 6. The maximum atomic E-state index is 7.03. The number of fused-ring (bicyclic) bond motifs is 8. The fourth-order valence-electron chi connectivity index (χ4n) is 15.0. The molecular weight excluding hydrogens is 811 g/mol. The Morgan fingerprint density at radius 2 is 0.597 bits per heavy atom. The van der Waals surface area contributed by atoms with Crippen LogP contribution in [0.4, 0.5) is 34.1 Å². The highest BCUT2D eigenvalue weighted by atomic mass is 16.5. The maximum Gasteiger partial charge on any atom is 0.256 e. The smallest absolute Gasteiger partial charge is 0.256 e. The van der Waals surface area contributed by atoms with Crippen LogP contribution in [0, 0.1) is 27.7 Å². The first kappa shape index (κ1) is 35.7. The molecule has 0 spiro atoms. The van der Waals surface area contributed by atoms with Crippen molar-refractivity contribution in [1.29, 1.82) is 0 Å². The molecule has 0 bridgehead atoms. The van der Waals surface area contributed by atoms with E-state index in [1.807, 2.05) is 0 Å². The van der Waals surface area contributed by atoms with Crippen molar-refractivity contribution in [3.05, 3.63) is 174 Å². The second-order valence-corrected chi connectivity index (χ2v) is 20.3. The molecule has 0 saturated carbocycles. The maximum absolute atomic E-state index is 7.03. The second-order valence-electron chi connectivity index (χ2n) is 20.3. The zero-order valence-electron chi connectivity index (χ0n) is 37.5. The first-order valence-electron chi connectivity index (χ1n) is 24.0. The van der Waals surface area contributed by atoms with Crippen molar-refractivity contribution in [3.63, 3.8) is 0 Å². The molecule has 0 fully saturated rings. The average molecular weight is 848 g/mol. The second kappa shape index (κ2) is 11.9. The number of benzene rings is 9. The van der Waals surface area contributed by atoms with Crippen molar-refractivity contribution in [1.82, 2.24) is 0 Å². The standard InChI is InChI=1S/C58H37B5N2O2/c1-30-13-9-14-31(2)48(30)61-36-19-11-21-38-53(36)64-55-40(61)25-27-46-50(55)59(34-17-5-7-23-44(34)66-46)42-29-43-58-52(57(42)64)63(38)39-22-12-20-37-54(39)65(58)56-41(62(37)49-32(3)15-10-16-33(49)4)26-28-47-51(56)60(43)35-18-6-8-24-45(35)67-47/h5-29H,1-4H3. The van der Waals surface area contributed by atoms with Crippen LogP contribution in [0.2, 0.25) is 0 Å². The summed E-state index contributed by atoms with van der Waals surface area (Å²) in [5.74, 6) is 3.81. The monoisotopic (exact) mass is 848 g/mol. The molecule has 8 aliphatic rings. The molecule has 0 aromatic heterocycles. The summed E-state index contributed by atoms with van der Waals surface area (Å²) < 4.78 is 14.1. The lowest BCUT2D eigenvalue weighted by molar-refractivity contribution is 0.487. The van der Waals surface area contributed by atoms with Gasteiger partial charge in [0.1, 0.15) is 23.0 Å². The van der Waals surface area contributed by atoms with Gasteiger partial charge in [0.15, 0.2) is 0 Å². The summed E-state index contributed by atoms with van der Waals surface area (Å²) in [5.41, 5.74) is 33.5. The fourth-order valence-corrected chi connectivity index (χ4v) is 15.0. The van der Waals surface area contributed by atoms with E-state index in [0.717, 1.165) is 23.0 Å². The van der Waals surface area contributed by atoms with Gasteiger partial charge in [-0.25, -0.2) is 0 Å². The Kier molecular flexibility index (Phi) is 6.35. The van der Waals surface area contributed by atoms with Crippen LogP contribution in [0.25, 0.3) is 0 Å². The van der Waals surface area contributed by atoms with E-state index in [4.69, 9.17) is 9.47 Å². The van der Waals surface area contributed by atoms with Gasteiger partial charge in [-0.1, -0.05) is 161 Å². The third kappa shape index (κ3) is 3.98. The largest absolute Gasteiger partial charge is 0.458 e. The van der Waals surface area contributed by atoms with Crippen molar-refractivity contribution < 1.29 is 9.47 Å². The lowest BCUT2D eigenvalue weighted by atomic mass is 9.22. The van der Waals surface area contributed by atoms with Crippen molar-refractivity contribution >= 4 is 150 Å². The Bertz CT molecular complexity index is 3620. The lowest BCUT2D eigenvalue weighted by Gasteiger charge is -2.55. The van der Waals surface area contributed by atoms with Gasteiger partial charge in [-0.3, -0.25) is 0 Å². The van der Waals surface area contributed by atoms with Crippen molar-refractivity contribution in [3.8, 4) is 23.0 Å². The van der Waals surface area contributed by atoms with E-state index < -0.39 is 0 Å². The third-order valence-corrected chi connectivity index (χ3v) is 17.2. The minimum Gasteiger partial charge on any atom is -0.458 e. The molecule has 0 amide bonds. The molecule has 4 nitrogen and oxygen atoms in total. The number of aryl methyl sites for hydroxylation is 4. The minimum absolute atomic E-state index is 0.000989. The highest BCUT2D eigenvalue weighted by Crippen LogP contribution is 2.49. The molecule has 0 aliphatic carbocycles. The summed E-state index contributed by atoms with van der Waals surface area (Å²) >= 11 is 0. The summed E-state index contributed by atoms with van der Waals surface area (Å²) in [6.45, 7) is 9.27. The summed E-state index contributed by atoms with van der Waals surface area (Å²) in [4.78, 5) is 5.47. The van der Waals surface area contributed by atoms with E-state index in [-0.39, 0.29) is 33.6 Å². The van der Waals surface area contributed by atoms with Crippen LogP contribution in [0.1, 0.15) is 22.3 Å². The fraction of sp³-hybridized carbons (Fsp3) is 0.0690. The van der Waals surface area contributed by atoms with Crippen molar-refractivity contribution in [2.75, 3.05) is 9.80 Å². The molecule has 67 heavy (non-hydrogen) atoms. The molecule has 8 heterocycles. The predicted octanol–water partition coefficient (Wildman–Crippen LogP) is 2.53. The average Bonchev–Trinajstić information content (AvgIpc) is 3.35. The van der Waals surface area contributed by atoms with Gasteiger partial charge in [0.05, 0.1) is 0 Å². The number of hydrogen-bond donors (Lipinski definition) is 0. The molecule has 306 valence electrons. The van der Waals surface area contributed by atoms with Gasteiger partial charge in [0, 0.05) is 34.1 Å². The van der Waals surface area contributed by atoms with Crippen LogP contribution >= 0.6 is 0 Å². The van der Waals surface area contributed by atoms with E-state index in [0.29, 0.717) is 0 Å². The molecule has 0 radical (unpaired) electrons. The van der Waals surface area contributed by atoms with Crippen LogP contribution in [0.5, 0.6) is 23.0 Å². The van der Waals surface area contributed by atoms with Crippen LogP contribution in [0.3, 0.4) is 0 Å². The lowest BCUT2D eigenvalue weighted by Crippen LogP contribution is -2.77. The molecule has 17 rings (SSSR count). The molecule has 8 aliphatic heterocycles. The summed E-state index contributed by atoms with van der Waals surface area (Å²) in [6.07, 6.45) is 0. The van der Waals surface area contributed by atoms with E-state index in [1.54, 1.807) is 0 Å². The molecule has 0 saturated heterocycles. The van der Waals surface area contributed by atoms with Gasteiger partial charge in [0.25, 0.3) is 20.1 Å². The van der Waals surface area contributed by atoms with Crippen LogP contribution in [-0.2, 0) is 0 Å². The van der Waals surface area contributed by atoms with Crippen molar-refractivity contribution in [2.24, 2.45) is 0 Å². The van der Waals surface area contributed by atoms with Gasteiger partial charge < -0.3 is 19.3 Å². The molecule has 0 N–H and O–H groups in total. The highest BCUT2D eigenvalue weighted by Gasteiger charge is 2.58. The van der Waals surface area contributed by atoms with Crippen LogP contribution < -0.4 is 101 Å². The Labute approximate surface area is 391 Å².